The summed E-state index contributed by atoms with van der Waals surface area (Å²) in [4.78, 5) is 2.59. The summed E-state index contributed by atoms with van der Waals surface area (Å²) in [6, 6.07) is 11.9. The number of nitrogens with one attached hydrogen (secondary N) is 1. The molecule has 0 aromatic heterocycles. The van der Waals surface area contributed by atoms with E-state index in [0.717, 1.165) is 38.2 Å². The zero-order valence-electron chi connectivity index (χ0n) is 13.3. The molecule has 0 saturated carbocycles. The molecule has 1 aliphatic heterocycles. The normalized spacial score (nSPS) is 24.9. The maximum atomic E-state index is 11.2. The molecule has 1 aliphatic rings. The van der Waals surface area contributed by atoms with Gasteiger partial charge in [-0.1, -0.05) is 37.3 Å². The number of benzene rings is 1. The van der Waals surface area contributed by atoms with Crippen LogP contribution < -0.4 is 5.32 Å². The van der Waals surface area contributed by atoms with E-state index in [1.165, 1.54) is 12.0 Å². The molecular formula is C17H28N2OS. The number of hydrogen-bond acceptors (Lipinski definition) is 3. The van der Waals surface area contributed by atoms with Gasteiger partial charge in [0.1, 0.15) is 0 Å². The summed E-state index contributed by atoms with van der Waals surface area (Å²) in [6.45, 7) is 5.51. The van der Waals surface area contributed by atoms with Gasteiger partial charge in [0.05, 0.1) is 0 Å². The van der Waals surface area contributed by atoms with Crippen LogP contribution in [-0.4, -0.2) is 52.8 Å². The first-order valence-corrected chi connectivity index (χ1v) is 9.73. The Labute approximate surface area is 131 Å². The van der Waals surface area contributed by atoms with Crippen molar-refractivity contribution in [3.8, 4) is 0 Å². The molecule has 0 bridgehead atoms. The van der Waals surface area contributed by atoms with Crippen LogP contribution in [0, 0.1) is 0 Å². The van der Waals surface area contributed by atoms with Crippen LogP contribution in [0.1, 0.15) is 25.3 Å². The molecule has 3 atom stereocenters. The summed E-state index contributed by atoms with van der Waals surface area (Å²) in [6.07, 6.45) is 5.11. The molecule has 1 fully saturated rings. The van der Waals surface area contributed by atoms with E-state index in [4.69, 9.17) is 0 Å². The van der Waals surface area contributed by atoms with Crippen LogP contribution in [0.5, 0.6) is 0 Å². The predicted molar refractivity (Wildman–Crippen MR) is 91.1 cm³/mol. The highest BCUT2D eigenvalue weighted by atomic mass is 32.2. The zero-order chi connectivity index (χ0) is 15.1. The Bertz CT molecular complexity index is 438. The standard InChI is InChI=1S/C17H28N2OS/c1-3-17-13-18-16(12-15-8-5-4-6-9-15)14-19(17)10-7-11-21(2)20/h4-6,8-9,16-18H,3,7,10-14H2,1-2H3. The van der Waals surface area contributed by atoms with Crippen molar-refractivity contribution in [3.05, 3.63) is 35.9 Å². The maximum absolute atomic E-state index is 11.2. The van der Waals surface area contributed by atoms with Crippen molar-refractivity contribution < 1.29 is 4.21 Å². The first kappa shape index (κ1) is 16.7. The summed E-state index contributed by atoms with van der Waals surface area (Å²) < 4.78 is 11.2. The lowest BCUT2D eigenvalue weighted by Gasteiger charge is -2.40. The third kappa shape index (κ3) is 5.53. The van der Waals surface area contributed by atoms with E-state index in [2.05, 4.69) is 47.5 Å². The Balaban J connectivity index is 1.86. The second kappa shape index (κ2) is 8.66. The Morgan fingerprint density at radius 1 is 1.33 bits per heavy atom. The predicted octanol–water partition coefficient (Wildman–Crippen LogP) is 2.05. The first-order valence-electron chi connectivity index (χ1n) is 8.00. The molecule has 1 saturated heterocycles. The first-order chi connectivity index (χ1) is 10.2. The molecule has 2 rings (SSSR count). The average molecular weight is 308 g/mol. The van der Waals surface area contributed by atoms with Crippen molar-refractivity contribution in [2.75, 3.05) is 31.6 Å². The van der Waals surface area contributed by atoms with Crippen LogP contribution in [0.15, 0.2) is 30.3 Å². The van der Waals surface area contributed by atoms with E-state index < -0.39 is 10.8 Å². The van der Waals surface area contributed by atoms with Crippen molar-refractivity contribution in [2.45, 2.75) is 38.3 Å². The van der Waals surface area contributed by atoms with Gasteiger partial charge < -0.3 is 5.32 Å². The van der Waals surface area contributed by atoms with Gasteiger partial charge in [-0.05, 0) is 31.4 Å². The van der Waals surface area contributed by atoms with Crippen molar-refractivity contribution in [3.63, 3.8) is 0 Å². The maximum Gasteiger partial charge on any atom is 0.0244 e. The quantitative estimate of drug-likeness (QED) is 0.837. The van der Waals surface area contributed by atoms with Gasteiger partial charge in [-0.15, -0.1) is 0 Å². The van der Waals surface area contributed by atoms with Gasteiger partial charge in [0.25, 0.3) is 0 Å². The summed E-state index contributed by atoms with van der Waals surface area (Å²) in [5.74, 6) is 0.823. The molecule has 1 N–H and O–H groups in total. The number of piperazine rings is 1. The van der Waals surface area contributed by atoms with E-state index >= 15 is 0 Å². The third-order valence-corrected chi connectivity index (χ3v) is 5.15. The molecule has 1 heterocycles. The van der Waals surface area contributed by atoms with E-state index in [9.17, 15) is 4.21 Å². The lowest BCUT2D eigenvalue weighted by atomic mass is 10.0. The van der Waals surface area contributed by atoms with Gasteiger partial charge in [0, 0.05) is 48.0 Å². The van der Waals surface area contributed by atoms with Crippen LogP contribution in [0.2, 0.25) is 0 Å². The minimum atomic E-state index is -0.666. The Kier molecular flexibility index (Phi) is 6.87. The second-order valence-electron chi connectivity index (χ2n) is 5.98. The zero-order valence-corrected chi connectivity index (χ0v) is 14.1. The smallest absolute Gasteiger partial charge is 0.0244 e. The van der Waals surface area contributed by atoms with Crippen LogP contribution >= 0.6 is 0 Å². The second-order valence-corrected chi connectivity index (χ2v) is 7.54. The van der Waals surface area contributed by atoms with Gasteiger partial charge >= 0.3 is 0 Å². The summed E-state index contributed by atoms with van der Waals surface area (Å²) in [5, 5.41) is 3.70. The van der Waals surface area contributed by atoms with E-state index in [1.54, 1.807) is 6.26 Å². The molecule has 0 spiro atoms. The fourth-order valence-electron chi connectivity index (χ4n) is 3.11. The van der Waals surface area contributed by atoms with Crippen molar-refractivity contribution in [1.82, 2.24) is 10.2 Å². The highest BCUT2D eigenvalue weighted by Crippen LogP contribution is 2.14. The monoisotopic (exact) mass is 308 g/mol. The van der Waals surface area contributed by atoms with Crippen LogP contribution in [0.25, 0.3) is 0 Å². The van der Waals surface area contributed by atoms with E-state index in [1.807, 2.05) is 0 Å². The van der Waals surface area contributed by atoms with Gasteiger partial charge in [-0.2, -0.15) is 0 Å². The Hall–Kier alpha value is -0.710. The third-order valence-electron chi connectivity index (χ3n) is 4.29. The summed E-state index contributed by atoms with van der Waals surface area (Å²) >= 11 is 0. The number of hydrogen-bond donors (Lipinski definition) is 1. The van der Waals surface area contributed by atoms with E-state index in [0.29, 0.717) is 12.1 Å². The molecule has 3 unspecified atom stereocenters. The van der Waals surface area contributed by atoms with Crippen molar-refractivity contribution in [2.24, 2.45) is 0 Å². The molecule has 1 aromatic rings. The molecule has 21 heavy (non-hydrogen) atoms. The minimum Gasteiger partial charge on any atom is -0.311 e. The average Bonchev–Trinajstić information content (AvgIpc) is 2.48. The van der Waals surface area contributed by atoms with Crippen LogP contribution in [0.3, 0.4) is 0 Å². The molecule has 0 radical (unpaired) electrons. The van der Waals surface area contributed by atoms with Gasteiger partial charge in [0.15, 0.2) is 0 Å². The Morgan fingerprint density at radius 2 is 2.10 bits per heavy atom. The molecule has 0 amide bonds. The number of nitrogens with zero attached hydrogens (tertiary/aromatic N) is 1. The fourth-order valence-corrected chi connectivity index (χ4v) is 3.65. The molecule has 118 valence electrons. The Morgan fingerprint density at radius 3 is 2.76 bits per heavy atom. The SMILES string of the molecule is CCC1CNC(Cc2ccccc2)CN1CCCS(C)=O. The topological polar surface area (TPSA) is 32.3 Å². The molecule has 3 nitrogen and oxygen atoms in total. The minimum absolute atomic E-state index is 0.530. The van der Waals surface area contributed by atoms with Crippen LogP contribution in [0.4, 0.5) is 0 Å². The molecule has 1 aromatic carbocycles. The lowest BCUT2D eigenvalue weighted by Crippen LogP contribution is -2.57. The summed E-state index contributed by atoms with van der Waals surface area (Å²) in [5.41, 5.74) is 1.40. The highest BCUT2D eigenvalue weighted by molar-refractivity contribution is 7.84. The van der Waals surface area contributed by atoms with Crippen molar-refractivity contribution in [1.29, 1.82) is 0 Å². The molecular weight excluding hydrogens is 280 g/mol. The lowest BCUT2D eigenvalue weighted by molar-refractivity contribution is 0.127. The van der Waals surface area contributed by atoms with Gasteiger partial charge in [-0.3, -0.25) is 9.11 Å². The number of rotatable bonds is 7. The van der Waals surface area contributed by atoms with Crippen LogP contribution in [-0.2, 0) is 17.2 Å². The summed E-state index contributed by atoms with van der Waals surface area (Å²) in [7, 11) is -0.666. The highest BCUT2D eigenvalue weighted by Gasteiger charge is 2.26. The van der Waals surface area contributed by atoms with Gasteiger partial charge in [0.2, 0.25) is 0 Å². The fraction of sp³-hybridized carbons (Fsp3) is 0.647. The largest absolute Gasteiger partial charge is 0.311 e. The van der Waals surface area contributed by atoms with Crippen molar-refractivity contribution >= 4 is 10.8 Å². The van der Waals surface area contributed by atoms with E-state index in [-0.39, 0.29) is 0 Å². The molecule has 4 heteroatoms. The van der Waals surface area contributed by atoms with Gasteiger partial charge in [-0.25, -0.2) is 0 Å². The molecule has 0 aliphatic carbocycles.